The van der Waals surface area contributed by atoms with Crippen LogP contribution in [0.25, 0.3) is 0 Å². The number of nitrogens with two attached hydrogens (primary N) is 1. The lowest BCUT2D eigenvalue weighted by molar-refractivity contribution is 0.0955. The van der Waals surface area contributed by atoms with Gasteiger partial charge in [-0.05, 0) is 36.2 Å². The van der Waals surface area contributed by atoms with Crippen molar-refractivity contribution in [3.8, 4) is 11.8 Å². The maximum absolute atomic E-state index is 13.1. The summed E-state index contributed by atoms with van der Waals surface area (Å²) in [6.45, 7) is 2.48. The summed E-state index contributed by atoms with van der Waals surface area (Å²) < 4.78 is 13.1. The Morgan fingerprint density at radius 1 is 1.43 bits per heavy atom. The van der Waals surface area contributed by atoms with Gasteiger partial charge in [-0.2, -0.15) is 0 Å². The van der Waals surface area contributed by atoms with Gasteiger partial charge >= 0.3 is 0 Å². The van der Waals surface area contributed by atoms with E-state index in [1.165, 1.54) is 23.5 Å². The minimum atomic E-state index is -0.312. The van der Waals surface area contributed by atoms with E-state index >= 15 is 0 Å². The van der Waals surface area contributed by atoms with Crippen LogP contribution in [0.1, 0.15) is 25.7 Å². The standard InChI is InChI=1S/C16H15FN2OS/c1-11-8-15(21-14(11)6-3-7-18)16(20)19-10-12-4-2-5-13(17)9-12/h2,4-5,8-9H,7,10,18H2,1H3,(H,19,20). The lowest BCUT2D eigenvalue weighted by Crippen LogP contribution is -2.21. The van der Waals surface area contributed by atoms with Crippen molar-refractivity contribution in [1.29, 1.82) is 0 Å². The summed E-state index contributed by atoms with van der Waals surface area (Å²) in [5.74, 6) is 5.22. The van der Waals surface area contributed by atoms with Crippen LogP contribution in [-0.4, -0.2) is 12.5 Å². The van der Waals surface area contributed by atoms with Gasteiger partial charge in [-0.25, -0.2) is 4.39 Å². The molecule has 0 unspecified atom stereocenters. The summed E-state index contributed by atoms with van der Waals surface area (Å²) in [4.78, 5) is 13.5. The predicted octanol–water partition coefficient (Wildman–Crippen LogP) is 2.44. The molecule has 0 spiro atoms. The fourth-order valence-corrected chi connectivity index (χ4v) is 2.73. The van der Waals surface area contributed by atoms with Gasteiger partial charge < -0.3 is 11.1 Å². The van der Waals surface area contributed by atoms with Gasteiger partial charge in [0.15, 0.2) is 0 Å². The number of benzene rings is 1. The van der Waals surface area contributed by atoms with Gasteiger partial charge in [-0.1, -0.05) is 24.0 Å². The first-order valence-corrected chi connectivity index (χ1v) is 7.24. The average Bonchev–Trinajstić information content (AvgIpc) is 2.84. The zero-order chi connectivity index (χ0) is 15.2. The molecule has 1 aromatic heterocycles. The van der Waals surface area contributed by atoms with Crippen molar-refractivity contribution >= 4 is 17.2 Å². The van der Waals surface area contributed by atoms with Crippen LogP contribution in [0.15, 0.2) is 30.3 Å². The van der Waals surface area contributed by atoms with E-state index in [9.17, 15) is 9.18 Å². The molecule has 2 aromatic rings. The van der Waals surface area contributed by atoms with E-state index in [4.69, 9.17) is 5.73 Å². The molecule has 0 saturated carbocycles. The number of halogens is 1. The molecule has 3 N–H and O–H groups in total. The number of nitrogens with one attached hydrogen (secondary N) is 1. The van der Waals surface area contributed by atoms with Gasteiger partial charge in [-0.15, -0.1) is 11.3 Å². The van der Waals surface area contributed by atoms with Gasteiger partial charge in [0.1, 0.15) is 5.82 Å². The molecule has 1 aromatic carbocycles. The number of carbonyl (C=O) groups is 1. The fourth-order valence-electron chi connectivity index (χ4n) is 1.77. The van der Waals surface area contributed by atoms with E-state index in [0.717, 1.165) is 16.0 Å². The van der Waals surface area contributed by atoms with Crippen LogP contribution in [0.2, 0.25) is 0 Å². The van der Waals surface area contributed by atoms with Crippen LogP contribution in [-0.2, 0) is 6.54 Å². The Morgan fingerprint density at radius 2 is 2.24 bits per heavy atom. The molecular weight excluding hydrogens is 287 g/mol. The molecule has 1 amide bonds. The third-order valence-corrected chi connectivity index (χ3v) is 3.94. The normalized spacial score (nSPS) is 9.86. The highest BCUT2D eigenvalue weighted by Gasteiger charge is 2.11. The van der Waals surface area contributed by atoms with Crippen LogP contribution >= 0.6 is 11.3 Å². The lowest BCUT2D eigenvalue weighted by atomic mass is 10.2. The van der Waals surface area contributed by atoms with Gasteiger partial charge in [-0.3, -0.25) is 4.79 Å². The second-order valence-corrected chi connectivity index (χ2v) is 5.49. The van der Waals surface area contributed by atoms with Crippen molar-refractivity contribution in [2.75, 3.05) is 6.54 Å². The summed E-state index contributed by atoms with van der Waals surface area (Å²) >= 11 is 1.33. The second-order valence-electron chi connectivity index (χ2n) is 4.44. The van der Waals surface area contributed by atoms with Crippen LogP contribution in [0.3, 0.4) is 0 Å². The molecule has 0 aliphatic carbocycles. The van der Waals surface area contributed by atoms with Gasteiger partial charge in [0.05, 0.1) is 16.3 Å². The predicted molar refractivity (Wildman–Crippen MR) is 82.6 cm³/mol. The Labute approximate surface area is 127 Å². The molecule has 3 nitrogen and oxygen atoms in total. The van der Waals surface area contributed by atoms with Crippen LogP contribution in [0.4, 0.5) is 4.39 Å². The average molecular weight is 302 g/mol. The first kappa shape index (κ1) is 15.2. The Morgan fingerprint density at radius 3 is 2.95 bits per heavy atom. The molecule has 1 heterocycles. The largest absolute Gasteiger partial charge is 0.347 e. The molecule has 2 rings (SSSR count). The van der Waals surface area contributed by atoms with E-state index in [2.05, 4.69) is 17.2 Å². The highest BCUT2D eigenvalue weighted by Crippen LogP contribution is 2.20. The zero-order valence-electron chi connectivity index (χ0n) is 11.6. The summed E-state index contributed by atoms with van der Waals surface area (Å²) in [7, 11) is 0. The Balaban J connectivity index is 2.04. The molecule has 0 saturated heterocycles. The van der Waals surface area contributed by atoms with Crippen molar-refractivity contribution in [1.82, 2.24) is 5.32 Å². The second kappa shape index (κ2) is 7.02. The number of carbonyl (C=O) groups excluding carboxylic acids is 1. The third-order valence-electron chi connectivity index (χ3n) is 2.79. The van der Waals surface area contributed by atoms with E-state index < -0.39 is 0 Å². The minimum absolute atomic E-state index is 0.187. The monoisotopic (exact) mass is 302 g/mol. The summed E-state index contributed by atoms with van der Waals surface area (Å²) in [6.07, 6.45) is 0. The smallest absolute Gasteiger partial charge is 0.261 e. The van der Waals surface area contributed by atoms with Gasteiger partial charge in [0, 0.05) is 6.54 Å². The van der Waals surface area contributed by atoms with Crippen LogP contribution in [0, 0.1) is 24.6 Å². The van der Waals surface area contributed by atoms with Gasteiger partial charge in [0.25, 0.3) is 5.91 Å². The summed E-state index contributed by atoms with van der Waals surface area (Å²) in [5, 5.41) is 2.77. The highest BCUT2D eigenvalue weighted by atomic mass is 32.1. The minimum Gasteiger partial charge on any atom is -0.347 e. The quantitative estimate of drug-likeness (QED) is 0.856. The van der Waals surface area contributed by atoms with Crippen LogP contribution in [0.5, 0.6) is 0 Å². The van der Waals surface area contributed by atoms with E-state index in [0.29, 0.717) is 11.4 Å². The molecule has 0 radical (unpaired) electrons. The van der Waals surface area contributed by atoms with Crippen LogP contribution < -0.4 is 11.1 Å². The summed E-state index contributed by atoms with van der Waals surface area (Å²) in [6, 6.07) is 7.95. The van der Waals surface area contributed by atoms with E-state index in [-0.39, 0.29) is 18.3 Å². The maximum atomic E-state index is 13.1. The molecule has 108 valence electrons. The SMILES string of the molecule is Cc1cc(C(=O)NCc2cccc(F)c2)sc1C#CCN. The van der Waals surface area contributed by atoms with E-state index in [1.54, 1.807) is 18.2 Å². The van der Waals surface area contributed by atoms with Crippen molar-refractivity contribution in [2.24, 2.45) is 5.73 Å². The summed E-state index contributed by atoms with van der Waals surface area (Å²) in [5.41, 5.74) is 7.02. The fraction of sp³-hybridized carbons (Fsp3) is 0.188. The highest BCUT2D eigenvalue weighted by molar-refractivity contribution is 7.14. The molecular formula is C16H15FN2OS. The molecule has 0 aliphatic heterocycles. The number of hydrogen-bond donors (Lipinski definition) is 2. The first-order valence-electron chi connectivity index (χ1n) is 6.42. The first-order chi connectivity index (χ1) is 10.1. The van der Waals surface area contributed by atoms with Gasteiger partial charge in [0.2, 0.25) is 0 Å². The Hall–Kier alpha value is -2.16. The topological polar surface area (TPSA) is 55.1 Å². The molecule has 0 atom stereocenters. The molecule has 0 bridgehead atoms. The number of thiophene rings is 1. The van der Waals surface area contributed by atoms with Crippen molar-refractivity contribution < 1.29 is 9.18 Å². The molecule has 5 heteroatoms. The Kier molecular flexibility index (Phi) is 5.09. The van der Waals surface area contributed by atoms with E-state index in [1.807, 2.05) is 6.92 Å². The van der Waals surface area contributed by atoms with Crippen molar-refractivity contribution in [3.05, 3.63) is 57.0 Å². The number of amides is 1. The molecule has 21 heavy (non-hydrogen) atoms. The number of aryl methyl sites for hydroxylation is 1. The van der Waals surface area contributed by atoms with Crippen molar-refractivity contribution in [3.63, 3.8) is 0 Å². The number of rotatable bonds is 3. The lowest BCUT2D eigenvalue weighted by Gasteiger charge is -2.03. The molecule has 0 aliphatic rings. The zero-order valence-corrected chi connectivity index (χ0v) is 12.4. The third kappa shape index (κ3) is 4.15. The molecule has 0 fully saturated rings. The van der Waals surface area contributed by atoms with Crippen molar-refractivity contribution in [2.45, 2.75) is 13.5 Å². The maximum Gasteiger partial charge on any atom is 0.261 e. The number of hydrogen-bond acceptors (Lipinski definition) is 3. The Bertz CT molecular complexity index is 713.